The standard InChI is InChI=1S/C12H18N2O2/c1-16-11-8-9(4-7-14-11)12(13)5-2-10(15)3-6-12/h4,7-8,10,15H,2-3,5-6,13H2,1H3. The van der Waals surface area contributed by atoms with Crippen LogP contribution in [0.15, 0.2) is 18.3 Å². The van der Waals surface area contributed by atoms with Crippen LogP contribution in [0.25, 0.3) is 0 Å². The molecule has 16 heavy (non-hydrogen) atoms. The molecule has 1 saturated carbocycles. The Morgan fingerprint density at radius 3 is 2.81 bits per heavy atom. The van der Waals surface area contributed by atoms with E-state index in [9.17, 15) is 5.11 Å². The Labute approximate surface area is 95.4 Å². The number of aromatic nitrogens is 1. The maximum absolute atomic E-state index is 9.50. The number of rotatable bonds is 2. The maximum atomic E-state index is 9.50. The molecule has 1 aliphatic carbocycles. The molecule has 0 saturated heterocycles. The van der Waals surface area contributed by atoms with E-state index >= 15 is 0 Å². The van der Waals surface area contributed by atoms with Crippen molar-refractivity contribution in [1.29, 1.82) is 0 Å². The van der Waals surface area contributed by atoms with Crippen LogP contribution in [0.2, 0.25) is 0 Å². The fraction of sp³-hybridized carbons (Fsp3) is 0.583. The fourth-order valence-electron chi connectivity index (χ4n) is 2.24. The van der Waals surface area contributed by atoms with Crippen molar-refractivity contribution >= 4 is 0 Å². The summed E-state index contributed by atoms with van der Waals surface area (Å²) >= 11 is 0. The van der Waals surface area contributed by atoms with Crippen LogP contribution >= 0.6 is 0 Å². The number of hydrogen-bond acceptors (Lipinski definition) is 4. The Kier molecular flexibility index (Phi) is 3.12. The summed E-state index contributed by atoms with van der Waals surface area (Å²) in [7, 11) is 1.60. The first-order chi connectivity index (χ1) is 7.64. The highest BCUT2D eigenvalue weighted by Gasteiger charge is 2.32. The first kappa shape index (κ1) is 11.4. The van der Waals surface area contributed by atoms with Crippen molar-refractivity contribution in [3.63, 3.8) is 0 Å². The molecule has 0 aromatic carbocycles. The van der Waals surface area contributed by atoms with Gasteiger partial charge in [-0.3, -0.25) is 0 Å². The SMILES string of the molecule is COc1cc(C2(N)CCC(O)CC2)ccn1. The van der Waals surface area contributed by atoms with E-state index in [0.717, 1.165) is 31.2 Å². The third-order valence-electron chi connectivity index (χ3n) is 3.37. The lowest BCUT2D eigenvalue weighted by Crippen LogP contribution is -2.41. The number of methoxy groups -OCH3 is 1. The molecule has 0 bridgehead atoms. The summed E-state index contributed by atoms with van der Waals surface area (Å²) in [5.74, 6) is 0.591. The van der Waals surface area contributed by atoms with Crippen LogP contribution in [0.1, 0.15) is 31.2 Å². The molecule has 2 rings (SSSR count). The predicted octanol–water partition coefficient (Wildman–Crippen LogP) is 1.18. The molecule has 1 aliphatic rings. The summed E-state index contributed by atoms with van der Waals surface area (Å²) in [4.78, 5) is 4.07. The molecule has 0 unspecified atom stereocenters. The minimum Gasteiger partial charge on any atom is -0.481 e. The van der Waals surface area contributed by atoms with Crippen LogP contribution < -0.4 is 10.5 Å². The first-order valence-electron chi connectivity index (χ1n) is 5.61. The Morgan fingerprint density at radius 1 is 1.50 bits per heavy atom. The molecule has 1 heterocycles. The van der Waals surface area contributed by atoms with Gasteiger partial charge < -0.3 is 15.6 Å². The summed E-state index contributed by atoms with van der Waals surface area (Å²) in [6.07, 6.45) is 4.67. The highest BCUT2D eigenvalue weighted by Crippen LogP contribution is 2.35. The van der Waals surface area contributed by atoms with Gasteiger partial charge in [-0.05, 0) is 37.3 Å². The molecule has 0 aliphatic heterocycles. The molecule has 0 radical (unpaired) electrons. The third kappa shape index (κ3) is 2.18. The zero-order valence-electron chi connectivity index (χ0n) is 9.52. The molecule has 3 N–H and O–H groups in total. The Hall–Kier alpha value is -1.13. The third-order valence-corrected chi connectivity index (χ3v) is 3.37. The summed E-state index contributed by atoms with van der Waals surface area (Å²) in [6, 6.07) is 3.82. The van der Waals surface area contributed by atoms with Gasteiger partial charge in [0.15, 0.2) is 0 Å². The number of nitrogens with zero attached hydrogens (tertiary/aromatic N) is 1. The molecule has 0 amide bonds. The largest absolute Gasteiger partial charge is 0.481 e. The number of aliphatic hydroxyl groups is 1. The summed E-state index contributed by atoms with van der Waals surface area (Å²) < 4.78 is 5.10. The fourth-order valence-corrected chi connectivity index (χ4v) is 2.24. The topological polar surface area (TPSA) is 68.4 Å². The lowest BCUT2D eigenvalue weighted by molar-refractivity contribution is 0.0968. The molecule has 1 aromatic heterocycles. The van der Waals surface area contributed by atoms with E-state index in [1.54, 1.807) is 13.3 Å². The van der Waals surface area contributed by atoms with Crippen molar-refractivity contribution < 1.29 is 9.84 Å². The number of ether oxygens (including phenoxy) is 1. The molecule has 0 spiro atoms. The zero-order chi connectivity index (χ0) is 11.6. The molecule has 88 valence electrons. The van der Waals surface area contributed by atoms with E-state index in [2.05, 4.69) is 4.98 Å². The molecule has 4 heteroatoms. The minimum absolute atomic E-state index is 0.194. The molecule has 1 aromatic rings. The second kappa shape index (κ2) is 4.39. The van der Waals surface area contributed by atoms with Gasteiger partial charge in [-0.1, -0.05) is 0 Å². The van der Waals surface area contributed by atoms with Gasteiger partial charge in [-0.2, -0.15) is 0 Å². The molecular formula is C12H18N2O2. The Balaban J connectivity index is 2.21. The lowest BCUT2D eigenvalue weighted by Gasteiger charge is -2.36. The van der Waals surface area contributed by atoms with Crippen LogP contribution in [0, 0.1) is 0 Å². The number of hydrogen-bond donors (Lipinski definition) is 2. The van der Waals surface area contributed by atoms with Crippen molar-refractivity contribution in [3.8, 4) is 5.88 Å². The molecular weight excluding hydrogens is 204 g/mol. The van der Waals surface area contributed by atoms with Crippen LogP contribution in [-0.4, -0.2) is 23.3 Å². The monoisotopic (exact) mass is 222 g/mol. The predicted molar refractivity (Wildman–Crippen MR) is 61.1 cm³/mol. The summed E-state index contributed by atoms with van der Waals surface area (Å²) in [6.45, 7) is 0. The normalized spacial score (nSPS) is 30.1. The van der Waals surface area contributed by atoms with Gasteiger partial charge in [-0.25, -0.2) is 4.98 Å². The van der Waals surface area contributed by atoms with Gasteiger partial charge in [-0.15, -0.1) is 0 Å². The van der Waals surface area contributed by atoms with E-state index in [-0.39, 0.29) is 11.6 Å². The van der Waals surface area contributed by atoms with Gasteiger partial charge in [0.1, 0.15) is 0 Å². The number of pyridine rings is 1. The lowest BCUT2D eigenvalue weighted by atomic mass is 9.77. The Morgan fingerprint density at radius 2 is 2.19 bits per heavy atom. The van der Waals surface area contributed by atoms with Gasteiger partial charge in [0.2, 0.25) is 5.88 Å². The second-order valence-corrected chi connectivity index (χ2v) is 4.47. The average molecular weight is 222 g/mol. The van der Waals surface area contributed by atoms with E-state index in [0.29, 0.717) is 5.88 Å². The van der Waals surface area contributed by atoms with E-state index in [4.69, 9.17) is 10.5 Å². The first-order valence-corrected chi connectivity index (χ1v) is 5.61. The number of aliphatic hydroxyl groups excluding tert-OH is 1. The van der Waals surface area contributed by atoms with Crippen molar-refractivity contribution in [1.82, 2.24) is 4.98 Å². The highest BCUT2D eigenvalue weighted by atomic mass is 16.5. The van der Waals surface area contributed by atoms with Crippen molar-refractivity contribution in [2.75, 3.05) is 7.11 Å². The highest BCUT2D eigenvalue weighted by molar-refractivity contribution is 5.28. The van der Waals surface area contributed by atoms with Gasteiger partial charge in [0.25, 0.3) is 0 Å². The maximum Gasteiger partial charge on any atom is 0.213 e. The van der Waals surface area contributed by atoms with Crippen LogP contribution in [0.4, 0.5) is 0 Å². The molecule has 0 atom stereocenters. The van der Waals surface area contributed by atoms with E-state index < -0.39 is 0 Å². The smallest absolute Gasteiger partial charge is 0.213 e. The van der Waals surface area contributed by atoms with Crippen LogP contribution in [0.3, 0.4) is 0 Å². The zero-order valence-corrected chi connectivity index (χ0v) is 9.52. The second-order valence-electron chi connectivity index (χ2n) is 4.47. The van der Waals surface area contributed by atoms with Gasteiger partial charge in [0.05, 0.1) is 13.2 Å². The van der Waals surface area contributed by atoms with Crippen molar-refractivity contribution in [3.05, 3.63) is 23.9 Å². The number of nitrogens with two attached hydrogens (primary N) is 1. The van der Waals surface area contributed by atoms with Crippen LogP contribution in [0.5, 0.6) is 5.88 Å². The molecule has 1 fully saturated rings. The molecule has 4 nitrogen and oxygen atoms in total. The van der Waals surface area contributed by atoms with Crippen molar-refractivity contribution in [2.24, 2.45) is 5.73 Å². The summed E-state index contributed by atoms with van der Waals surface area (Å²) in [5.41, 5.74) is 7.08. The average Bonchev–Trinajstić information content (AvgIpc) is 2.33. The quantitative estimate of drug-likeness (QED) is 0.788. The minimum atomic E-state index is -0.338. The van der Waals surface area contributed by atoms with E-state index in [1.165, 1.54) is 0 Å². The van der Waals surface area contributed by atoms with Crippen molar-refractivity contribution in [2.45, 2.75) is 37.3 Å². The van der Waals surface area contributed by atoms with Gasteiger partial charge >= 0.3 is 0 Å². The Bertz CT molecular complexity index is 360. The van der Waals surface area contributed by atoms with Crippen LogP contribution in [-0.2, 0) is 5.54 Å². The van der Waals surface area contributed by atoms with E-state index in [1.807, 2.05) is 12.1 Å². The summed E-state index contributed by atoms with van der Waals surface area (Å²) in [5, 5.41) is 9.50. The van der Waals surface area contributed by atoms with Gasteiger partial charge in [0, 0.05) is 17.8 Å².